The van der Waals surface area contributed by atoms with E-state index in [2.05, 4.69) is 57.0 Å². The van der Waals surface area contributed by atoms with Crippen LogP contribution in [0.2, 0.25) is 0 Å². The summed E-state index contributed by atoms with van der Waals surface area (Å²) in [7, 11) is 0. The molecule has 57 heavy (non-hydrogen) atoms. The molecule has 0 radical (unpaired) electrons. The molecule has 4 aromatic heterocycles. The van der Waals surface area contributed by atoms with Gasteiger partial charge >= 0.3 is 6.03 Å². The van der Waals surface area contributed by atoms with Gasteiger partial charge in [-0.3, -0.25) is 29.6 Å². The number of piperidine rings is 1. The molecule has 17 heteroatoms. The summed E-state index contributed by atoms with van der Waals surface area (Å²) >= 11 is 0. The molecule has 2 saturated heterocycles. The van der Waals surface area contributed by atoms with Crippen LogP contribution in [-0.4, -0.2) is 102 Å². The highest BCUT2D eigenvalue weighted by molar-refractivity contribution is 6.05. The second-order valence-electron chi connectivity index (χ2n) is 15.2. The number of rotatable bonds is 12. The number of urea groups is 1. The van der Waals surface area contributed by atoms with Gasteiger partial charge in [0.05, 0.1) is 35.7 Å². The molecule has 1 aromatic carbocycles. The van der Waals surface area contributed by atoms with E-state index in [1.807, 2.05) is 45.0 Å². The molecule has 3 aliphatic heterocycles. The van der Waals surface area contributed by atoms with Crippen molar-refractivity contribution in [3.05, 3.63) is 77.2 Å². The predicted octanol–water partition coefficient (Wildman–Crippen LogP) is 4.55. The number of benzene rings is 1. The lowest BCUT2D eigenvalue weighted by atomic mass is 10.0. The minimum atomic E-state index is -0.607. The summed E-state index contributed by atoms with van der Waals surface area (Å²) in [5.74, 6) is 0.265. The summed E-state index contributed by atoms with van der Waals surface area (Å²) in [6.07, 6.45) is 9.20. The summed E-state index contributed by atoms with van der Waals surface area (Å²) in [5, 5.41) is 16.6. The highest BCUT2D eigenvalue weighted by Gasteiger charge is 2.39. The molecule has 3 aliphatic rings. The quantitative estimate of drug-likeness (QED) is 0.118. The van der Waals surface area contributed by atoms with Gasteiger partial charge in [0.1, 0.15) is 11.7 Å². The molecule has 0 bridgehead atoms. The number of aromatic nitrogens is 6. The summed E-state index contributed by atoms with van der Waals surface area (Å²) in [5.41, 5.74) is 6.71. The maximum atomic E-state index is 13.1. The van der Waals surface area contributed by atoms with E-state index in [0.717, 1.165) is 74.5 Å². The third-order valence-electron chi connectivity index (χ3n) is 10.9. The van der Waals surface area contributed by atoms with Crippen molar-refractivity contribution in [3.8, 4) is 11.5 Å². The number of hydrogen-bond acceptors (Lipinski definition) is 12. The van der Waals surface area contributed by atoms with Gasteiger partial charge in [-0.2, -0.15) is 10.1 Å². The molecule has 0 saturated carbocycles. The Hall–Kier alpha value is -6.23. The molecule has 5 amide bonds. The van der Waals surface area contributed by atoms with Gasteiger partial charge in [0.15, 0.2) is 5.65 Å². The van der Waals surface area contributed by atoms with Crippen LogP contribution in [0.4, 0.5) is 21.9 Å². The number of carbonyl (C=O) groups is 4. The third-order valence-corrected chi connectivity index (χ3v) is 10.9. The van der Waals surface area contributed by atoms with E-state index >= 15 is 0 Å². The SMILES string of the molecule is Cc1cc(NC(=O)Nc2cnc3ccnn3c2C(C)C)cnc1-c1noc(CCCCCN2CCN(c3ccc4c(c3)CN(C3CCC(=O)NC3=O)C4=O)CC2)n1. The number of fused-ring (bicyclic) bond motifs is 2. The van der Waals surface area contributed by atoms with Crippen LogP contribution in [0.3, 0.4) is 0 Å². The second-order valence-corrected chi connectivity index (χ2v) is 15.2. The molecular formula is C40H46N12O5. The number of piperazine rings is 1. The van der Waals surface area contributed by atoms with Gasteiger partial charge < -0.3 is 25.0 Å². The van der Waals surface area contributed by atoms with E-state index in [1.165, 1.54) is 0 Å². The van der Waals surface area contributed by atoms with Crippen LogP contribution < -0.4 is 20.9 Å². The zero-order chi connectivity index (χ0) is 39.6. The van der Waals surface area contributed by atoms with Crippen LogP contribution in [0.5, 0.6) is 0 Å². The van der Waals surface area contributed by atoms with Gasteiger partial charge in [-0.1, -0.05) is 25.4 Å². The van der Waals surface area contributed by atoms with E-state index in [-0.39, 0.29) is 24.2 Å². The van der Waals surface area contributed by atoms with Crippen LogP contribution >= 0.6 is 0 Å². The van der Waals surface area contributed by atoms with Gasteiger partial charge in [0.2, 0.25) is 23.5 Å². The van der Waals surface area contributed by atoms with Gasteiger partial charge in [0, 0.05) is 62.9 Å². The molecule has 296 valence electrons. The number of anilines is 3. The summed E-state index contributed by atoms with van der Waals surface area (Å²) < 4.78 is 7.29. The molecular weight excluding hydrogens is 729 g/mol. The van der Waals surface area contributed by atoms with Crippen LogP contribution in [-0.2, 0) is 22.6 Å². The maximum absolute atomic E-state index is 13.1. The summed E-state index contributed by atoms with van der Waals surface area (Å²) in [6, 6.07) is 8.57. The second kappa shape index (κ2) is 16.1. The Bertz CT molecular complexity index is 2330. The number of nitrogens with one attached hydrogen (secondary N) is 3. The van der Waals surface area contributed by atoms with E-state index in [0.29, 0.717) is 59.4 Å². The van der Waals surface area contributed by atoms with Crippen LogP contribution in [0.25, 0.3) is 17.2 Å². The van der Waals surface area contributed by atoms with Crippen LogP contribution in [0.1, 0.15) is 84.9 Å². The van der Waals surface area contributed by atoms with Crippen molar-refractivity contribution >= 4 is 46.5 Å². The van der Waals surface area contributed by atoms with Gasteiger partial charge in [0.25, 0.3) is 5.91 Å². The largest absolute Gasteiger partial charge is 0.369 e. The van der Waals surface area contributed by atoms with Crippen molar-refractivity contribution in [1.29, 1.82) is 0 Å². The average Bonchev–Trinajstić information content (AvgIpc) is 3.94. The maximum Gasteiger partial charge on any atom is 0.323 e. The lowest BCUT2D eigenvalue weighted by Crippen LogP contribution is -2.52. The molecule has 5 aromatic rings. The average molecular weight is 775 g/mol. The lowest BCUT2D eigenvalue weighted by molar-refractivity contribution is -0.136. The fourth-order valence-electron chi connectivity index (χ4n) is 7.93. The fourth-order valence-corrected chi connectivity index (χ4v) is 7.93. The Morgan fingerprint density at radius 2 is 1.84 bits per heavy atom. The van der Waals surface area contributed by atoms with Gasteiger partial charge in [-0.15, -0.1) is 0 Å². The Morgan fingerprint density at radius 1 is 1.00 bits per heavy atom. The first-order valence-corrected chi connectivity index (χ1v) is 19.6. The molecule has 7 heterocycles. The smallest absolute Gasteiger partial charge is 0.323 e. The van der Waals surface area contributed by atoms with Crippen molar-refractivity contribution in [2.75, 3.05) is 48.3 Å². The Balaban J connectivity index is 0.758. The molecule has 3 N–H and O–H groups in total. The molecule has 1 unspecified atom stereocenters. The molecule has 8 rings (SSSR count). The Kier molecular flexibility index (Phi) is 10.6. The first kappa shape index (κ1) is 37.7. The number of pyridine rings is 1. The van der Waals surface area contributed by atoms with Crippen molar-refractivity contribution in [3.63, 3.8) is 0 Å². The van der Waals surface area contributed by atoms with Crippen LogP contribution in [0, 0.1) is 6.92 Å². The lowest BCUT2D eigenvalue weighted by Gasteiger charge is -2.36. The topological polar surface area (TPSA) is 196 Å². The van der Waals surface area contributed by atoms with Gasteiger partial charge in [-0.05, 0) is 74.0 Å². The minimum Gasteiger partial charge on any atom is -0.369 e. The number of hydrogen-bond donors (Lipinski definition) is 3. The monoisotopic (exact) mass is 774 g/mol. The number of aryl methyl sites for hydroxylation is 2. The molecule has 0 spiro atoms. The first-order valence-electron chi connectivity index (χ1n) is 19.6. The highest BCUT2D eigenvalue weighted by atomic mass is 16.5. The normalized spacial score (nSPS) is 17.4. The molecule has 1 atom stereocenters. The highest BCUT2D eigenvalue weighted by Crippen LogP contribution is 2.31. The number of carbonyl (C=O) groups excluding carboxylic acids is 4. The molecule has 0 aliphatic carbocycles. The van der Waals surface area contributed by atoms with E-state index < -0.39 is 18.0 Å². The van der Waals surface area contributed by atoms with Crippen molar-refractivity contribution < 1.29 is 23.7 Å². The fraction of sp³-hybridized carbons (Fsp3) is 0.425. The third kappa shape index (κ3) is 8.05. The van der Waals surface area contributed by atoms with E-state index in [1.54, 1.807) is 28.0 Å². The van der Waals surface area contributed by atoms with Crippen molar-refractivity contribution in [1.82, 2.24) is 44.8 Å². The number of unbranched alkanes of at least 4 members (excludes halogenated alkanes) is 2. The van der Waals surface area contributed by atoms with E-state index in [9.17, 15) is 19.2 Å². The zero-order valence-electron chi connectivity index (χ0n) is 32.3. The standard InChI is InChI=1S/C40H46N12O5/c1-24(2)36-30(22-41-32-12-13-43-52(32)36)45-40(56)44-27-19-25(3)35(42-21-27)37-47-34(57-48-37)7-5-4-6-14-49-15-17-50(18-16-49)28-8-9-29-26(20-28)23-51(39(29)55)31-10-11-33(53)46-38(31)54/h8-9,12-13,19-22,24,31H,4-7,10-11,14-18,23H2,1-3H3,(H2,44,45,56)(H,46,53,54). The van der Waals surface area contributed by atoms with E-state index in [4.69, 9.17) is 4.52 Å². The first-order chi connectivity index (χ1) is 27.6. The molecule has 2 fully saturated rings. The van der Waals surface area contributed by atoms with Gasteiger partial charge in [-0.25, -0.2) is 14.3 Å². The van der Waals surface area contributed by atoms with Crippen molar-refractivity contribution in [2.45, 2.75) is 77.8 Å². The van der Waals surface area contributed by atoms with Crippen LogP contribution in [0.15, 0.2) is 53.4 Å². The summed E-state index contributed by atoms with van der Waals surface area (Å²) in [6.45, 7) is 11.1. The minimum absolute atomic E-state index is 0.104. The number of imide groups is 1. The van der Waals surface area contributed by atoms with Crippen molar-refractivity contribution in [2.24, 2.45) is 0 Å². The molecule has 17 nitrogen and oxygen atoms in total. The zero-order valence-corrected chi connectivity index (χ0v) is 32.3. The predicted molar refractivity (Wildman–Crippen MR) is 211 cm³/mol. The summed E-state index contributed by atoms with van der Waals surface area (Å²) in [4.78, 5) is 69.9. The Morgan fingerprint density at radius 3 is 2.63 bits per heavy atom. The number of nitrogens with zero attached hydrogens (tertiary/aromatic N) is 9. The Labute approximate surface area is 329 Å². The number of amides is 5.